The number of amides is 2. The quantitative estimate of drug-likeness (QED) is 0.617. The van der Waals surface area contributed by atoms with Crippen molar-refractivity contribution >= 4 is 17.7 Å². The Morgan fingerprint density at radius 2 is 2.00 bits per heavy atom. The van der Waals surface area contributed by atoms with E-state index in [4.69, 9.17) is 9.84 Å². The standard InChI is InChI=1S/C13H18N2O5/c1-8(16)11(12(17)18)15-13(19)14-10-6-4-3-5-9(10)7-20-2/h3-6,8,11,16H,7H2,1-2H3,(H,17,18)(H2,14,15,19). The number of carboxylic acids is 1. The van der Waals surface area contributed by atoms with Gasteiger partial charge in [0.25, 0.3) is 0 Å². The van der Waals surface area contributed by atoms with E-state index in [9.17, 15) is 14.7 Å². The lowest BCUT2D eigenvalue weighted by atomic mass is 10.2. The number of ether oxygens (including phenoxy) is 1. The summed E-state index contributed by atoms with van der Waals surface area (Å²) >= 11 is 0. The molecule has 1 rings (SSSR count). The SMILES string of the molecule is COCc1ccccc1NC(=O)NC(C(=O)O)C(C)O. The van der Waals surface area contributed by atoms with Crippen LogP contribution < -0.4 is 10.6 Å². The molecular weight excluding hydrogens is 264 g/mol. The second-order valence-corrected chi connectivity index (χ2v) is 4.25. The van der Waals surface area contributed by atoms with Crippen molar-refractivity contribution < 1.29 is 24.5 Å². The number of carboxylic acid groups (broad SMARTS) is 1. The molecule has 0 saturated heterocycles. The van der Waals surface area contributed by atoms with Crippen molar-refractivity contribution in [2.45, 2.75) is 25.7 Å². The molecule has 2 atom stereocenters. The molecule has 0 aliphatic heterocycles. The summed E-state index contributed by atoms with van der Waals surface area (Å²) in [6, 6.07) is 4.91. The first-order valence-electron chi connectivity index (χ1n) is 6.01. The van der Waals surface area contributed by atoms with E-state index in [2.05, 4.69) is 10.6 Å². The van der Waals surface area contributed by atoms with Gasteiger partial charge in [0.15, 0.2) is 6.04 Å². The number of anilines is 1. The number of rotatable bonds is 6. The fourth-order valence-electron chi connectivity index (χ4n) is 1.61. The number of para-hydroxylation sites is 1. The predicted molar refractivity (Wildman–Crippen MR) is 72.4 cm³/mol. The summed E-state index contributed by atoms with van der Waals surface area (Å²) in [6.45, 7) is 1.60. The smallest absolute Gasteiger partial charge is 0.328 e. The topological polar surface area (TPSA) is 108 Å². The first-order valence-corrected chi connectivity index (χ1v) is 6.01. The zero-order chi connectivity index (χ0) is 15.1. The van der Waals surface area contributed by atoms with Crippen LogP contribution in [-0.4, -0.2) is 41.5 Å². The number of nitrogens with one attached hydrogen (secondary N) is 2. The summed E-state index contributed by atoms with van der Waals surface area (Å²) in [5, 5.41) is 22.9. The molecule has 0 bridgehead atoms. The average molecular weight is 282 g/mol. The number of carbonyl (C=O) groups excluding carboxylic acids is 1. The van der Waals surface area contributed by atoms with Gasteiger partial charge in [-0.1, -0.05) is 18.2 Å². The van der Waals surface area contributed by atoms with Gasteiger partial charge in [0, 0.05) is 18.4 Å². The van der Waals surface area contributed by atoms with Gasteiger partial charge in [0.1, 0.15) is 0 Å². The van der Waals surface area contributed by atoms with Gasteiger partial charge in [0.2, 0.25) is 0 Å². The largest absolute Gasteiger partial charge is 0.480 e. The fraction of sp³-hybridized carbons (Fsp3) is 0.385. The molecule has 7 heteroatoms. The molecule has 20 heavy (non-hydrogen) atoms. The van der Waals surface area contributed by atoms with Crippen LogP contribution in [-0.2, 0) is 16.1 Å². The maximum atomic E-state index is 11.8. The van der Waals surface area contributed by atoms with Crippen molar-refractivity contribution in [3.8, 4) is 0 Å². The molecule has 1 aromatic carbocycles. The zero-order valence-corrected chi connectivity index (χ0v) is 11.3. The van der Waals surface area contributed by atoms with E-state index in [0.717, 1.165) is 5.56 Å². The number of aliphatic hydroxyl groups excluding tert-OH is 1. The van der Waals surface area contributed by atoms with E-state index in [1.807, 2.05) is 0 Å². The van der Waals surface area contributed by atoms with Crippen LogP contribution >= 0.6 is 0 Å². The number of carbonyl (C=O) groups is 2. The van der Waals surface area contributed by atoms with Crippen LogP contribution in [0.15, 0.2) is 24.3 Å². The molecule has 0 heterocycles. The van der Waals surface area contributed by atoms with Crippen LogP contribution in [0.1, 0.15) is 12.5 Å². The van der Waals surface area contributed by atoms with Crippen molar-refractivity contribution in [2.24, 2.45) is 0 Å². The second-order valence-electron chi connectivity index (χ2n) is 4.25. The lowest BCUT2D eigenvalue weighted by Gasteiger charge is -2.18. The second kappa shape index (κ2) is 7.46. The Bertz CT molecular complexity index is 476. The summed E-state index contributed by atoms with van der Waals surface area (Å²) in [5.74, 6) is -1.31. The number of hydrogen-bond donors (Lipinski definition) is 4. The molecule has 1 aromatic rings. The highest BCUT2D eigenvalue weighted by Gasteiger charge is 2.25. The van der Waals surface area contributed by atoms with Gasteiger partial charge in [-0.3, -0.25) is 0 Å². The number of aliphatic carboxylic acids is 1. The lowest BCUT2D eigenvalue weighted by molar-refractivity contribution is -0.141. The number of urea groups is 1. The Hall–Kier alpha value is -2.12. The molecule has 2 unspecified atom stereocenters. The van der Waals surface area contributed by atoms with Crippen LogP contribution in [0, 0.1) is 0 Å². The fourth-order valence-corrected chi connectivity index (χ4v) is 1.61. The van der Waals surface area contributed by atoms with Crippen LogP contribution in [0.5, 0.6) is 0 Å². The monoisotopic (exact) mass is 282 g/mol. The highest BCUT2D eigenvalue weighted by Crippen LogP contribution is 2.15. The molecule has 0 saturated carbocycles. The van der Waals surface area contributed by atoms with Gasteiger partial charge < -0.3 is 25.6 Å². The van der Waals surface area contributed by atoms with Crippen LogP contribution in [0.25, 0.3) is 0 Å². The Morgan fingerprint density at radius 3 is 2.55 bits per heavy atom. The van der Waals surface area contributed by atoms with Crippen LogP contribution in [0.3, 0.4) is 0 Å². The Labute approximate surface area is 116 Å². The Kier molecular flexibility index (Phi) is 5.95. The molecule has 0 aliphatic carbocycles. The maximum Gasteiger partial charge on any atom is 0.328 e. The van der Waals surface area contributed by atoms with Crippen molar-refractivity contribution in [3.63, 3.8) is 0 Å². The first-order chi connectivity index (χ1) is 9.45. The molecule has 110 valence electrons. The van der Waals surface area contributed by atoms with Crippen LogP contribution in [0.4, 0.5) is 10.5 Å². The van der Waals surface area contributed by atoms with Gasteiger partial charge in [-0.15, -0.1) is 0 Å². The third-order valence-corrected chi connectivity index (χ3v) is 2.60. The van der Waals surface area contributed by atoms with E-state index < -0.39 is 24.1 Å². The van der Waals surface area contributed by atoms with Gasteiger partial charge in [-0.2, -0.15) is 0 Å². The molecule has 0 fully saturated rings. The molecule has 0 radical (unpaired) electrons. The normalized spacial score (nSPS) is 13.3. The van der Waals surface area contributed by atoms with Gasteiger partial charge in [-0.05, 0) is 13.0 Å². The van der Waals surface area contributed by atoms with Gasteiger partial charge in [-0.25, -0.2) is 9.59 Å². The summed E-state index contributed by atoms with van der Waals surface area (Å²) in [5.41, 5.74) is 1.27. The van der Waals surface area contributed by atoms with E-state index in [0.29, 0.717) is 12.3 Å². The van der Waals surface area contributed by atoms with Crippen molar-refractivity contribution in [2.75, 3.05) is 12.4 Å². The number of hydrogen-bond acceptors (Lipinski definition) is 4. The molecule has 0 spiro atoms. The zero-order valence-electron chi connectivity index (χ0n) is 11.3. The minimum Gasteiger partial charge on any atom is -0.480 e. The summed E-state index contributed by atoms with van der Waals surface area (Å²) in [4.78, 5) is 22.6. The highest BCUT2D eigenvalue weighted by molar-refractivity contribution is 5.93. The van der Waals surface area contributed by atoms with Crippen molar-refractivity contribution in [1.82, 2.24) is 5.32 Å². The summed E-state index contributed by atoms with van der Waals surface area (Å²) in [6.07, 6.45) is -1.20. The predicted octanol–water partition coefficient (Wildman–Crippen LogP) is 0.788. The first kappa shape index (κ1) is 15.9. The molecular formula is C13H18N2O5. The summed E-state index contributed by atoms with van der Waals surface area (Å²) in [7, 11) is 1.53. The lowest BCUT2D eigenvalue weighted by Crippen LogP contribution is -2.49. The maximum absolute atomic E-state index is 11.8. The molecule has 0 aliphatic rings. The molecule has 0 aromatic heterocycles. The van der Waals surface area contributed by atoms with E-state index in [-0.39, 0.29) is 0 Å². The Morgan fingerprint density at radius 1 is 1.35 bits per heavy atom. The molecule has 2 amide bonds. The minimum atomic E-state index is -1.37. The van der Waals surface area contributed by atoms with E-state index >= 15 is 0 Å². The van der Waals surface area contributed by atoms with Crippen LogP contribution in [0.2, 0.25) is 0 Å². The van der Waals surface area contributed by atoms with Crippen molar-refractivity contribution in [1.29, 1.82) is 0 Å². The highest BCUT2D eigenvalue weighted by atomic mass is 16.5. The van der Waals surface area contributed by atoms with E-state index in [1.54, 1.807) is 24.3 Å². The van der Waals surface area contributed by atoms with Gasteiger partial charge in [0.05, 0.1) is 12.7 Å². The minimum absolute atomic E-state index is 0.315. The Balaban J connectivity index is 2.73. The number of benzene rings is 1. The molecule has 7 nitrogen and oxygen atoms in total. The number of methoxy groups -OCH3 is 1. The van der Waals surface area contributed by atoms with E-state index in [1.165, 1.54) is 14.0 Å². The average Bonchev–Trinajstić information content (AvgIpc) is 2.38. The third-order valence-electron chi connectivity index (χ3n) is 2.60. The third kappa shape index (κ3) is 4.52. The summed E-state index contributed by atoms with van der Waals surface area (Å²) < 4.78 is 5.00. The van der Waals surface area contributed by atoms with Crippen molar-refractivity contribution in [3.05, 3.63) is 29.8 Å². The number of aliphatic hydroxyl groups is 1. The van der Waals surface area contributed by atoms with Gasteiger partial charge >= 0.3 is 12.0 Å². The molecule has 4 N–H and O–H groups in total.